The molecule has 3 aromatic rings. The highest BCUT2D eigenvalue weighted by Crippen LogP contribution is 2.30. The lowest BCUT2D eigenvalue weighted by atomic mass is 10.1. The van der Waals surface area contributed by atoms with E-state index < -0.39 is 5.82 Å². The van der Waals surface area contributed by atoms with E-state index in [9.17, 15) is 9.65 Å². The van der Waals surface area contributed by atoms with Crippen LogP contribution in [0.4, 0.5) is 4.39 Å². The van der Waals surface area contributed by atoms with Crippen molar-refractivity contribution in [2.45, 2.75) is 9.99 Å². The Morgan fingerprint density at radius 1 is 1.00 bits per heavy atom. The first kappa shape index (κ1) is 15.1. The summed E-state index contributed by atoms with van der Waals surface area (Å²) in [6.45, 7) is 0. The van der Waals surface area contributed by atoms with Crippen LogP contribution in [-0.4, -0.2) is 0 Å². The van der Waals surface area contributed by atoms with Gasteiger partial charge in [0.2, 0.25) is 0 Å². The van der Waals surface area contributed by atoms with Crippen LogP contribution in [0.5, 0.6) is 0 Å². The van der Waals surface area contributed by atoms with Crippen LogP contribution >= 0.6 is 11.8 Å². The van der Waals surface area contributed by atoms with Gasteiger partial charge in [-0.15, -0.1) is 0 Å². The van der Waals surface area contributed by atoms with E-state index in [1.54, 1.807) is 30.3 Å². The van der Waals surface area contributed by atoms with Crippen molar-refractivity contribution >= 4 is 23.4 Å². The number of halogens is 1. The zero-order valence-corrected chi connectivity index (χ0v) is 12.9. The maximum Gasteiger partial charge on any atom is 0.165 e. The number of rotatable bonds is 4. The molecule has 0 unspecified atom stereocenters. The monoisotopic (exact) mass is 321 g/mol. The molecule has 1 heterocycles. The van der Waals surface area contributed by atoms with E-state index in [4.69, 9.17) is 4.42 Å². The second kappa shape index (κ2) is 6.99. The fourth-order valence-corrected chi connectivity index (χ4v) is 2.86. The maximum atomic E-state index is 13.8. The van der Waals surface area contributed by atoms with Crippen molar-refractivity contribution in [2.24, 2.45) is 0 Å². The molecule has 112 valence electrons. The Bertz CT molecular complexity index is 878. The summed E-state index contributed by atoms with van der Waals surface area (Å²) < 4.78 is 19.5. The number of benzene rings is 2. The van der Waals surface area contributed by atoms with Crippen molar-refractivity contribution in [3.63, 3.8) is 0 Å². The van der Waals surface area contributed by atoms with Gasteiger partial charge in [-0.3, -0.25) is 0 Å². The fraction of sp³-hybridized carbons (Fsp3) is 0. The van der Waals surface area contributed by atoms with Crippen LogP contribution < -0.4 is 0 Å². The molecule has 23 heavy (non-hydrogen) atoms. The molecule has 0 bridgehead atoms. The average molecular weight is 321 g/mol. The third-order valence-electron chi connectivity index (χ3n) is 3.13. The van der Waals surface area contributed by atoms with Crippen molar-refractivity contribution < 1.29 is 8.81 Å². The molecular weight excluding hydrogens is 309 g/mol. The summed E-state index contributed by atoms with van der Waals surface area (Å²) in [5.74, 6) is 0.0916. The van der Waals surface area contributed by atoms with Gasteiger partial charge in [0.25, 0.3) is 0 Å². The predicted molar refractivity (Wildman–Crippen MR) is 89.2 cm³/mol. The van der Waals surface area contributed by atoms with Crippen LogP contribution in [0.3, 0.4) is 0 Å². The van der Waals surface area contributed by atoms with Crippen LogP contribution in [0.15, 0.2) is 81.1 Å². The Labute approximate surface area is 137 Å². The van der Waals surface area contributed by atoms with Gasteiger partial charge < -0.3 is 4.42 Å². The second-order valence-corrected chi connectivity index (χ2v) is 5.80. The van der Waals surface area contributed by atoms with Gasteiger partial charge in [-0.05, 0) is 36.4 Å². The third-order valence-corrected chi connectivity index (χ3v) is 4.06. The summed E-state index contributed by atoms with van der Waals surface area (Å²) in [4.78, 5) is 1.06. The molecule has 4 heteroatoms. The minimum atomic E-state index is -0.425. The van der Waals surface area contributed by atoms with Gasteiger partial charge >= 0.3 is 0 Å². The van der Waals surface area contributed by atoms with Gasteiger partial charge in [0.15, 0.2) is 5.09 Å². The standard InChI is InChI=1S/C19H12FNOS/c20-18-9-5-4-8-17(18)14(13-21)12-15-10-11-19(22-15)23-16-6-2-1-3-7-16/h1-12H. The zero-order chi connectivity index (χ0) is 16.1. The highest BCUT2D eigenvalue weighted by molar-refractivity contribution is 7.99. The molecule has 0 aliphatic heterocycles. The molecule has 0 N–H and O–H groups in total. The summed E-state index contributed by atoms with van der Waals surface area (Å²) in [5.41, 5.74) is 0.498. The van der Waals surface area contributed by atoms with Gasteiger partial charge in [0.05, 0.1) is 11.6 Å². The Morgan fingerprint density at radius 3 is 2.48 bits per heavy atom. The SMILES string of the molecule is N#CC(=Cc1ccc(Sc2ccccc2)o1)c1ccccc1F. The topological polar surface area (TPSA) is 36.9 Å². The first-order valence-corrected chi connectivity index (χ1v) is 7.77. The molecule has 0 radical (unpaired) electrons. The maximum absolute atomic E-state index is 13.8. The summed E-state index contributed by atoms with van der Waals surface area (Å²) in [7, 11) is 0. The van der Waals surface area contributed by atoms with Crippen LogP contribution in [-0.2, 0) is 0 Å². The van der Waals surface area contributed by atoms with Crippen LogP contribution in [0.1, 0.15) is 11.3 Å². The predicted octanol–water partition coefficient (Wildman–Crippen LogP) is 5.63. The molecule has 2 nitrogen and oxygen atoms in total. The highest BCUT2D eigenvalue weighted by Gasteiger charge is 2.09. The largest absolute Gasteiger partial charge is 0.450 e. The van der Waals surface area contributed by atoms with Crippen LogP contribution in [0.25, 0.3) is 11.6 Å². The molecule has 0 amide bonds. The average Bonchev–Trinajstić information content (AvgIpc) is 3.01. The zero-order valence-electron chi connectivity index (χ0n) is 12.1. The lowest BCUT2D eigenvalue weighted by Gasteiger charge is -2.00. The number of hydrogen-bond donors (Lipinski definition) is 0. The lowest BCUT2D eigenvalue weighted by molar-refractivity contribution is 0.466. The molecule has 0 spiro atoms. The first-order valence-electron chi connectivity index (χ1n) is 6.96. The molecule has 0 aliphatic carbocycles. The Hall–Kier alpha value is -2.77. The van der Waals surface area contributed by atoms with Gasteiger partial charge in [-0.2, -0.15) is 5.26 Å². The molecule has 0 saturated carbocycles. The normalized spacial score (nSPS) is 11.2. The van der Waals surface area contributed by atoms with Crippen LogP contribution in [0, 0.1) is 17.1 Å². The Kier molecular flexibility index (Phi) is 4.60. The molecule has 3 rings (SSSR count). The van der Waals surface area contributed by atoms with E-state index in [-0.39, 0.29) is 11.1 Å². The Balaban J connectivity index is 1.85. The quantitative estimate of drug-likeness (QED) is 0.584. The highest BCUT2D eigenvalue weighted by atomic mass is 32.2. The van der Waals surface area contributed by atoms with Gasteiger partial charge in [0.1, 0.15) is 11.6 Å². The summed E-state index contributed by atoms with van der Waals surface area (Å²) in [6.07, 6.45) is 1.55. The molecule has 0 aliphatic rings. The fourth-order valence-electron chi connectivity index (χ4n) is 2.06. The van der Waals surface area contributed by atoms with Crippen molar-refractivity contribution in [1.29, 1.82) is 5.26 Å². The van der Waals surface area contributed by atoms with Crippen molar-refractivity contribution in [2.75, 3.05) is 0 Å². The molecular formula is C19H12FNOS. The minimum absolute atomic E-state index is 0.230. The number of furan rings is 1. The van der Waals surface area contributed by atoms with Crippen molar-refractivity contribution in [1.82, 2.24) is 0 Å². The summed E-state index contributed by atoms with van der Waals surface area (Å²) >= 11 is 1.49. The van der Waals surface area contributed by atoms with E-state index >= 15 is 0 Å². The van der Waals surface area contributed by atoms with Gasteiger partial charge in [0, 0.05) is 10.5 Å². The number of allylic oxidation sites excluding steroid dienone is 1. The lowest BCUT2D eigenvalue weighted by Crippen LogP contribution is -1.86. The number of hydrogen-bond acceptors (Lipinski definition) is 3. The summed E-state index contributed by atoms with van der Waals surface area (Å²) in [6, 6.07) is 21.7. The van der Waals surface area contributed by atoms with E-state index in [0.717, 1.165) is 4.90 Å². The molecule has 2 aromatic carbocycles. The molecule has 0 fully saturated rings. The van der Waals surface area contributed by atoms with E-state index in [0.29, 0.717) is 10.9 Å². The Morgan fingerprint density at radius 2 is 1.74 bits per heavy atom. The molecule has 0 atom stereocenters. The molecule has 1 aromatic heterocycles. The molecule has 0 saturated heterocycles. The first-order chi connectivity index (χ1) is 11.3. The van der Waals surface area contributed by atoms with E-state index in [2.05, 4.69) is 0 Å². The third kappa shape index (κ3) is 3.71. The van der Waals surface area contributed by atoms with Gasteiger partial charge in [-0.25, -0.2) is 4.39 Å². The second-order valence-electron chi connectivity index (χ2n) is 4.72. The van der Waals surface area contributed by atoms with Crippen LogP contribution in [0.2, 0.25) is 0 Å². The van der Waals surface area contributed by atoms with E-state index in [1.807, 2.05) is 42.5 Å². The number of nitrogens with zero attached hydrogens (tertiary/aromatic N) is 1. The summed E-state index contributed by atoms with van der Waals surface area (Å²) in [5, 5.41) is 9.99. The minimum Gasteiger partial charge on any atom is -0.450 e. The van der Waals surface area contributed by atoms with Crippen molar-refractivity contribution in [3.05, 3.63) is 83.9 Å². The smallest absolute Gasteiger partial charge is 0.165 e. The van der Waals surface area contributed by atoms with Gasteiger partial charge in [-0.1, -0.05) is 48.2 Å². The van der Waals surface area contributed by atoms with E-state index in [1.165, 1.54) is 17.8 Å². The number of nitriles is 1. The van der Waals surface area contributed by atoms with Crippen molar-refractivity contribution in [3.8, 4) is 6.07 Å².